The lowest BCUT2D eigenvalue weighted by molar-refractivity contribution is -0.148. The minimum atomic E-state index is -1.99. The predicted molar refractivity (Wildman–Crippen MR) is 160 cm³/mol. The first kappa shape index (κ1) is 34.7. The number of terminal acetylenes is 1. The number of carbonyl (C=O) groups excluding carboxylic acids is 2. The van der Waals surface area contributed by atoms with Gasteiger partial charge in [-0.05, 0) is 48.7 Å². The number of aromatic nitrogens is 2. The lowest BCUT2D eigenvalue weighted by Crippen LogP contribution is -2.47. The third-order valence-electron chi connectivity index (χ3n) is 6.91. The van der Waals surface area contributed by atoms with Gasteiger partial charge in [0.2, 0.25) is 0 Å². The number of aromatic amines is 1. The average molecular weight is 640 g/mol. The van der Waals surface area contributed by atoms with Crippen LogP contribution in [0.25, 0.3) is 10.9 Å². The summed E-state index contributed by atoms with van der Waals surface area (Å²) in [4.78, 5) is 80.5. The van der Waals surface area contributed by atoms with Crippen LogP contribution in [0.15, 0.2) is 41.2 Å². The number of carboxylic acids is 3. The number of amides is 1. The Bertz CT molecular complexity index is 1770. The van der Waals surface area contributed by atoms with Crippen LogP contribution in [0.5, 0.6) is 6.01 Å². The highest BCUT2D eigenvalue weighted by molar-refractivity contribution is 6.02. The fraction of sp³-hybridized carbons (Fsp3) is 0.300. The van der Waals surface area contributed by atoms with E-state index >= 15 is 4.39 Å². The fourth-order valence-electron chi connectivity index (χ4n) is 4.52. The first-order valence-electron chi connectivity index (χ1n) is 13.6. The fourth-order valence-corrected chi connectivity index (χ4v) is 4.52. The molecule has 0 aliphatic heterocycles. The molecule has 1 amide bonds. The van der Waals surface area contributed by atoms with Crippen LogP contribution in [0.3, 0.4) is 0 Å². The van der Waals surface area contributed by atoms with Crippen molar-refractivity contribution >= 4 is 46.2 Å². The number of methoxy groups -OCH3 is 1. The Hall–Kier alpha value is -5.82. The number of ketones is 1. The van der Waals surface area contributed by atoms with Gasteiger partial charge in [-0.2, -0.15) is 4.98 Å². The van der Waals surface area contributed by atoms with Crippen LogP contribution in [0.4, 0.5) is 10.1 Å². The molecule has 3 rings (SSSR count). The van der Waals surface area contributed by atoms with E-state index in [0.29, 0.717) is 11.1 Å². The highest BCUT2D eigenvalue weighted by atomic mass is 19.1. The van der Waals surface area contributed by atoms with Crippen molar-refractivity contribution in [3.05, 3.63) is 63.7 Å². The maximum atomic E-state index is 15.2. The maximum absolute atomic E-state index is 15.2. The number of halogens is 1. The lowest BCUT2D eigenvalue weighted by atomic mass is 9.90. The Balaban J connectivity index is 1.79. The van der Waals surface area contributed by atoms with Crippen LogP contribution >= 0.6 is 0 Å². The van der Waals surface area contributed by atoms with Crippen LogP contribution in [0.1, 0.15) is 35.2 Å². The zero-order valence-corrected chi connectivity index (χ0v) is 24.4. The highest BCUT2D eigenvalue weighted by Gasteiger charge is 2.36. The lowest BCUT2D eigenvalue weighted by Gasteiger charge is -2.24. The molecule has 3 atom stereocenters. The van der Waals surface area contributed by atoms with Gasteiger partial charge in [0.1, 0.15) is 17.8 Å². The third kappa shape index (κ3) is 8.64. The van der Waals surface area contributed by atoms with Gasteiger partial charge in [0, 0.05) is 18.7 Å². The SMILES string of the molecule is C#CCN(Cc1ccc2nc(OC)[nH]c(=O)c2c1)c1ccc(C(=O)N[C@H](CC(C(=O)O)C(=O)[C@H](N)CCC(=O)O)C(=O)O)c(F)c1. The molecule has 242 valence electrons. The molecule has 7 N–H and O–H groups in total. The number of hydrogen-bond acceptors (Lipinski definition) is 10. The number of hydrogen-bond donors (Lipinski definition) is 6. The summed E-state index contributed by atoms with van der Waals surface area (Å²) in [5.74, 6) is -7.63. The van der Waals surface area contributed by atoms with Crippen molar-refractivity contribution < 1.29 is 48.4 Å². The van der Waals surface area contributed by atoms with Gasteiger partial charge in [-0.1, -0.05) is 12.0 Å². The van der Waals surface area contributed by atoms with E-state index in [9.17, 15) is 39.0 Å². The van der Waals surface area contributed by atoms with Crippen molar-refractivity contribution in [2.75, 3.05) is 18.6 Å². The summed E-state index contributed by atoms with van der Waals surface area (Å²) < 4.78 is 20.2. The van der Waals surface area contributed by atoms with E-state index in [1.165, 1.54) is 13.2 Å². The molecule has 15 nitrogen and oxygen atoms in total. The second-order valence-corrected chi connectivity index (χ2v) is 10.1. The molecule has 3 aromatic rings. The molecule has 0 spiro atoms. The number of nitrogens with one attached hydrogen (secondary N) is 2. The van der Waals surface area contributed by atoms with Gasteiger partial charge in [-0.3, -0.25) is 29.0 Å². The predicted octanol–water partition coefficient (Wildman–Crippen LogP) is 0.746. The smallest absolute Gasteiger partial charge is 0.326 e. The summed E-state index contributed by atoms with van der Waals surface area (Å²) in [6.07, 6.45) is 3.67. The van der Waals surface area contributed by atoms with Crippen molar-refractivity contribution in [2.24, 2.45) is 11.7 Å². The molecule has 1 unspecified atom stereocenters. The minimum Gasteiger partial charge on any atom is -0.481 e. The molecule has 46 heavy (non-hydrogen) atoms. The van der Waals surface area contributed by atoms with Crippen LogP contribution in [0, 0.1) is 24.1 Å². The molecule has 0 aliphatic carbocycles. The van der Waals surface area contributed by atoms with Gasteiger partial charge in [0.15, 0.2) is 5.78 Å². The molecule has 0 saturated carbocycles. The highest BCUT2D eigenvalue weighted by Crippen LogP contribution is 2.23. The first-order valence-corrected chi connectivity index (χ1v) is 13.6. The standard InChI is InChI=1S/C30H30FN5O10/c1-3-10-36(14-15-4-8-22-18(11-15)27(41)35-30(34-22)46-2)16-5-6-17(20(31)12-16)26(40)33-23(29(44)45)13-19(28(42)43)25(39)21(32)7-9-24(37)38/h1,4-6,8,11-12,19,21,23H,7,9-10,13-14,32H2,2H3,(H,33,40)(H,37,38)(H,42,43)(H,44,45)(H,34,35,41)/t19?,21-,23-/m1/s1. The topological polar surface area (TPSA) is 242 Å². The Morgan fingerprint density at radius 3 is 2.43 bits per heavy atom. The van der Waals surface area contributed by atoms with E-state index in [4.69, 9.17) is 22.0 Å². The number of carboxylic acid groups (broad SMARTS) is 3. The molecule has 0 radical (unpaired) electrons. The Morgan fingerprint density at radius 2 is 1.85 bits per heavy atom. The Morgan fingerprint density at radius 1 is 1.13 bits per heavy atom. The van der Waals surface area contributed by atoms with E-state index in [0.717, 1.165) is 12.1 Å². The molecule has 0 fully saturated rings. The summed E-state index contributed by atoms with van der Waals surface area (Å²) in [6, 6.07) is 4.91. The number of ether oxygens (including phenoxy) is 1. The maximum Gasteiger partial charge on any atom is 0.326 e. The van der Waals surface area contributed by atoms with E-state index in [2.05, 4.69) is 15.9 Å². The first-order chi connectivity index (χ1) is 21.7. The second kappa shape index (κ2) is 15.3. The summed E-state index contributed by atoms with van der Waals surface area (Å²) in [5.41, 5.74) is 5.85. The summed E-state index contributed by atoms with van der Waals surface area (Å²) in [5, 5.41) is 30.2. The summed E-state index contributed by atoms with van der Waals surface area (Å²) in [6.45, 7) is 0.122. The summed E-state index contributed by atoms with van der Waals surface area (Å²) in [7, 11) is 1.36. The number of Topliss-reactive ketones (excluding diaryl/α,β-unsaturated/α-hetero) is 1. The van der Waals surface area contributed by atoms with E-state index < -0.39 is 77.4 Å². The molecular formula is C30H30FN5O10. The van der Waals surface area contributed by atoms with E-state index in [1.54, 1.807) is 23.1 Å². The Labute approximate surface area is 260 Å². The second-order valence-electron chi connectivity index (χ2n) is 10.1. The van der Waals surface area contributed by atoms with Crippen molar-refractivity contribution in [3.63, 3.8) is 0 Å². The van der Waals surface area contributed by atoms with Gasteiger partial charge in [0.25, 0.3) is 17.5 Å². The molecular weight excluding hydrogens is 609 g/mol. The zero-order chi connectivity index (χ0) is 34.1. The monoisotopic (exact) mass is 639 g/mol. The number of fused-ring (bicyclic) bond motifs is 1. The molecule has 0 aliphatic rings. The number of rotatable bonds is 16. The largest absolute Gasteiger partial charge is 0.481 e. The van der Waals surface area contributed by atoms with Crippen LogP contribution in [-0.4, -0.2) is 80.6 Å². The quantitative estimate of drug-likeness (QED) is 0.0937. The number of anilines is 1. The number of nitrogens with zero attached hydrogens (tertiary/aromatic N) is 2. The van der Waals surface area contributed by atoms with E-state index in [-0.39, 0.29) is 36.6 Å². The van der Waals surface area contributed by atoms with Gasteiger partial charge in [0.05, 0.1) is 36.2 Å². The van der Waals surface area contributed by atoms with Crippen LogP contribution in [0.2, 0.25) is 0 Å². The number of nitrogens with two attached hydrogens (primary N) is 1. The average Bonchev–Trinajstić information content (AvgIpc) is 3.00. The van der Waals surface area contributed by atoms with Crippen LogP contribution in [-0.2, 0) is 25.7 Å². The zero-order valence-electron chi connectivity index (χ0n) is 24.4. The van der Waals surface area contributed by atoms with Crippen LogP contribution < -0.4 is 26.2 Å². The van der Waals surface area contributed by atoms with Gasteiger partial charge in [-0.15, -0.1) is 6.42 Å². The van der Waals surface area contributed by atoms with Crippen molar-refractivity contribution in [1.82, 2.24) is 15.3 Å². The molecule has 16 heteroatoms. The van der Waals surface area contributed by atoms with Gasteiger partial charge >= 0.3 is 17.9 Å². The van der Waals surface area contributed by atoms with Gasteiger partial charge < -0.3 is 36.0 Å². The van der Waals surface area contributed by atoms with Crippen molar-refractivity contribution in [3.8, 4) is 18.4 Å². The molecule has 1 aromatic heterocycles. The number of aliphatic carboxylic acids is 3. The van der Waals surface area contributed by atoms with Crippen molar-refractivity contribution in [2.45, 2.75) is 37.9 Å². The van der Waals surface area contributed by atoms with Crippen molar-refractivity contribution in [1.29, 1.82) is 0 Å². The van der Waals surface area contributed by atoms with Gasteiger partial charge in [-0.25, -0.2) is 9.18 Å². The minimum absolute atomic E-state index is 0.000531. The van der Waals surface area contributed by atoms with E-state index in [1.807, 2.05) is 5.32 Å². The molecule has 0 saturated heterocycles. The number of carbonyl (C=O) groups is 5. The normalized spacial score (nSPS) is 12.7. The molecule has 0 bridgehead atoms. The third-order valence-corrected chi connectivity index (χ3v) is 6.91. The molecule has 2 aromatic carbocycles. The molecule has 1 heterocycles. The number of H-pyrrole nitrogens is 1. The summed E-state index contributed by atoms with van der Waals surface area (Å²) >= 11 is 0. The number of benzene rings is 2. The Kier molecular flexibility index (Phi) is 11.5.